The summed E-state index contributed by atoms with van der Waals surface area (Å²) < 4.78 is 5.97. The van der Waals surface area contributed by atoms with Crippen molar-refractivity contribution in [3.63, 3.8) is 0 Å². The number of hydrogen-bond donors (Lipinski definition) is 1. The van der Waals surface area contributed by atoms with Crippen molar-refractivity contribution in [3.05, 3.63) is 28.2 Å². The summed E-state index contributed by atoms with van der Waals surface area (Å²) in [7, 11) is 1.61. The van der Waals surface area contributed by atoms with Crippen molar-refractivity contribution in [2.24, 2.45) is 0 Å². The van der Waals surface area contributed by atoms with Crippen molar-refractivity contribution in [1.29, 1.82) is 0 Å². The van der Waals surface area contributed by atoms with Crippen molar-refractivity contribution in [3.8, 4) is 5.75 Å². The van der Waals surface area contributed by atoms with E-state index in [1.807, 2.05) is 17.0 Å². The highest BCUT2D eigenvalue weighted by molar-refractivity contribution is 9.10. The van der Waals surface area contributed by atoms with Crippen LogP contribution in [0, 0.1) is 0 Å². The van der Waals surface area contributed by atoms with Crippen LogP contribution in [0.3, 0.4) is 0 Å². The van der Waals surface area contributed by atoms with E-state index in [0.29, 0.717) is 5.56 Å². The lowest BCUT2D eigenvalue weighted by molar-refractivity contribution is 0.0655. The number of rotatable bonds is 2. The van der Waals surface area contributed by atoms with E-state index in [2.05, 4.69) is 28.2 Å². The zero-order valence-corrected chi connectivity index (χ0v) is 13.4. The molecule has 19 heavy (non-hydrogen) atoms. The Labute approximate surface area is 128 Å². The molecule has 1 aromatic rings. The van der Waals surface area contributed by atoms with Crippen LogP contribution in [-0.2, 0) is 0 Å². The van der Waals surface area contributed by atoms with Gasteiger partial charge in [0.05, 0.1) is 11.6 Å². The van der Waals surface area contributed by atoms with Crippen LogP contribution in [-0.4, -0.2) is 43.6 Å². The van der Waals surface area contributed by atoms with Gasteiger partial charge in [-0.05, 0) is 41.1 Å². The van der Waals surface area contributed by atoms with Gasteiger partial charge < -0.3 is 15.0 Å². The average molecular weight is 350 g/mol. The molecule has 1 heterocycles. The van der Waals surface area contributed by atoms with Crippen LogP contribution < -0.4 is 10.1 Å². The van der Waals surface area contributed by atoms with Gasteiger partial charge in [-0.15, -0.1) is 12.4 Å². The van der Waals surface area contributed by atoms with Gasteiger partial charge in [-0.2, -0.15) is 0 Å². The third kappa shape index (κ3) is 3.61. The van der Waals surface area contributed by atoms with Crippen molar-refractivity contribution in [1.82, 2.24) is 10.2 Å². The molecular formula is C13H18BrClN2O2. The maximum atomic E-state index is 12.4. The molecule has 1 aromatic carbocycles. The predicted molar refractivity (Wildman–Crippen MR) is 81.3 cm³/mol. The molecule has 1 aliphatic rings. The Morgan fingerprint density at radius 2 is 2.26 bits per heavy atom. The number of carbonyl (C=O) groups excluding carboxylic acids is 1. The van der Waals surface area contributed by atoms with E-state index < -0.39 is 0 Å². The fourth-order valence-electron chi connectivity index (χ4n) is 2.11. The lowest BCUT2D eigenvalue weighted by Crippen LogP contribution is -2.52. The number of amides is 1. The number of halogens is 2. The van der Waals surface area contributed by atoms with Crippen LogP contribution in [0.15, 0.2) is 22.7 Å². The summed E-state index contributed by atoms with van der Waals surface area (Å²) in [5.41, 5.74) is 0.691. The molecular weight excluding hydrogens is 332 g/mol. The number of ether oxygens (including phenoxy) is 1. The molecule has 1 fully saturated rings. The molecule has 0 aromatic heterocycles. The molecule has 0 radical (unpaired) electrons. The van der Waals surface area contributed by atoms with Crippen LogP contribution in [0.2, 0.25) is 0 Å². The van der Waals surface area contributed by atoms with E-state index in [4.69, 9.17) is 4.74 Å². The summed E-state index contributed by atoms with van der Waals surface area (Å²) in [6.07, 6.45) is 0. The second-order valence-corrected chi connectivity index (χ2v) is 5.26. The molecule has 0 spiro atoms. The minimum absolute atomic E-state index is 0. The van der Waals surface area contributed by atoms with Gasteiger partial charge >= 0.3 is 0 Å². The SMILES string of the molecule is COc1ccc(C(=O)N2CCNCC2C)cc1Br.Cl. The first-order chi connectivity index (χ1) is 8.63. The lowest BCUT2D eigenvalue weighted by atomic mass is 10.1. The number of hydrogen-bond acceptors (Lipinski definition) is 3. The van der Waals surface area contributed by atoms with E-state index >= 15 is 0 Å². The molecule has 1 aliphatic heterocycles. The molecule has 1 N–H and O–H groups in total. The summed E-state index contributed by atoms with van der Waals surface area (Å²) in [4.78, 5) is 14.3. The van der Waals surface area contributed by atoms with Gasteiger partial charge in [0.1, 0.15) is 5.75 Å². The number of carbonyl (C=O) groups is 1. The van der Waals surface area contributed by atoms with Gasteiger partial charge in [-0.3, -0.25) is 4.79 Å². The molecule has 1 unspecified atom stereocenters. The number of benzene rings is 1. The fraction of sp³-hybridized carbons (Fsp3) is 0.462. The van der Waals surface area contributed by atoms with Gasteiger partial charge in [0.25, 0.3) is 5.91 Å². The highest BCUT2D eigenvalue weighted by atomic mass is 79.9. The maximum Gasteiger partial charge on any atom is 0.254 e. The number of piperazine rings is 1. The monoisotopic (exact) mass is 348 g/mol. The Balaban J connectivity index is 0.00000180. The lowest BCUT2D eigenvalue weighted by Gasteiger charge is -2.34. The molecule has 6 heteroatoms. The molecule has 4 nitrogen and oxygen atoms in total. The van der Waals surface area contributed by atoms with Crippen LogP contribution in [0.25, 0.3) is 0 Å². The summed E-state index contributed by atoms with van der Waals surface area (Å²) >= 11 is 3.41. The van der Waals surface area contributed by atoms with Gasteiger partial charge in [-0.1, -0.05) is 0 Å². The van der Waals surface area contributed by atoms with Crippen LogP contribution >= 0.6 is 28.3 Å². The standard InChI is InChI=1S/C13H17BrN2O2.ClH/c1-9-8-15-5-6-16(9)13(17)10-3-4-12(18-2)11(14)7-10;/h3-4,7,9,15H,5-6,8H2,1-2H3;1H. The highest BCUT2D eigenvalue weighted by Gasteiger charge is 2.24. The Morgan fingerprint density at radius 1 is 1.53 bits per heavy atom. The Bertz CT molecular complexity index is 456. The summed E-state index contributed by atoms with van der Waals surface area (Å²) in [6, 6.07) is 5.66. The number of nitrogens with one attached hydrogen (secondary N) is 1. The zero-order valence-electron chi connectivity index (χ0n) is 11.0. The largest absolute Gasteiger partial charge is 0.496 e. The first-order valence-electron chi connectivity index (χ1n) is 5.98. The van der Waals surface area contributed by atoms with Crippen LogP contribution in [0.1, 0.15) is 17.3 Å². The Kier molecular flexibility index (Phi) is 6.10. The normalized spacial score (nSPS) is 18.7. The molecule has 0 saturated carbocycles. The fourth-order valence-corrected chi connectivity index (χ4v) is 2.65. The Morgan fingerprint density at radius 3 is 2.84 bits per heavy atom. The molecule has 0 aliphatic carbocycles. The minimum atomic E-state index is 0. The molecule has 2 rings (SSSR count). The van der Waals surface area contributed by atoms with Gasteiger partial charge in [-0.25, -0.2) is 0 Å². The Hall–Kier alpha value is -0.780. The first kappa shape index (κ1) is 16.3. The van der Waals surface area contributed by atoms with Crippen LogP contribution in [0.4, 0.5) is 0 Å². The second kappa shape index (κ2) is 7.12. The molecule has 1 atom stereocenters. The minimum Gasteiger partial charge on any atom is -0.496 e. The number of methoxy groups -OCH3 is 1. The van der Waals surface area contributed by atoms with E-state index in [1.54, 1.807) is 13.2 Å². The van der Waals surface area contributed by atoms with Gasteiger partial charge in [0, 0.05) is 31.2 Å². The van der Waals surface area contributed by atoms with Gasteiger partial charge in [0.2, 0.25) is 0 Å². The summed E-state index contributed by atoms with van der Waals surface area (Å²) in [6.45, 7) is 4.52. The molecule has 1 saturated heterocycles. The van der Waals surface area contributed by atoms with Crippen molar-refractivity contribution < 1.29 is 9.53 Å². The van der Waals surface area contributed by atoms with Crippen molar-refractivity contribution in [2.45, 2.75) is 13.0 Å². The van der Waals surface area contributed by atoms with Gasteiger partial charge in [0.15, 0.2) is 0 Å². The molecule has 0 bridgehead atoms. The smallest absolute Gasteiger partial charge is 0.254 e. The highest BCUT2D eigenvalue weighted by Crippen LogP contribution is 2.26. The van der Waals surface area contributed by atoms with E-state index in [9.17, 15) is 4.79 Å². The van der Waals surface area contributed by atoms with Crippen LogP contribution in [0.5, 0.6) is 5.75 Å². The third-order valence-electron chi connectivity index (χ3n) is 3.16. The first-order valence-corrected chi connectivity index (χ1v) is 6.78. The zero-order chi connectivity index (χ0) is 13.1. The molecule has 106 valence electrons. The van der Waals surface area contributed by atoms with Crippen molar-refractivity contribution >= 4 is 34.2 Å². The number of nitrogens with zero attached hydrogens (tertiary/aromatic N) is 1. The topological polar surface area (TPSA) is 41.6 Å². The average Bonchev–Trinajstić information content (AvgIpc) is 2.38. The molecule has 1 amide bonds. The van der Waals surface area contributed by atoms with E-state index in [1.165, 1.54) is 0 Å². The summed E-state index contributed by atoms with van der Waals surface area (Å²) in [5, 5.41) is 3.28. The van der Waals surface area contributed by atoms with E-state index in [-0.39, 0.29) is 24.4 Å². The second-order valence-electron chi connectivity index (χ2n) is 4.40. The predicted octanol–water partition coefficient (Wildman–Crippen LogP) is 2.31. The third-order valence-corrected chi connectivity index (χ3v) is 3.78. The van der Waals surface area contributed by atoms with E-state index in [0.717, 1.165) is 29.9 Å². The quantitative estimate of drug-likeness (QED) is 0.891. The van der Waals surface area contributed by atoms with Crippen molar-refractivity contribution in [2.75, 3.05) is 26.7 Å². The summed E-state index contributed by atoms with van der Waals surface area (Å²) in [5.74, 6) is 0.812. The maximum absolute atomic E-state index is 12.4.